The lowest BCUT2D eigenvalue weighted by molar-refractivity contribution is -0.141. The average Bonchev–Trinajstić information content (AvgIpc) is 2.20. The van der Waals surface area contributed by atoms with Crippen molar-refractivity contribution in [2.45, 2.75) is 0 Å². The van der Waals surface area contributed by atoms with Gasteiger partial charge in [-0.1, -0.05) is 0 Å². The van der Waals surface area contributed by atoms with Crippen molar-refractivity contribution < 1.29 is 29.3 Å². The van der Waals surface area contributed by atoms with Crippen molar-refractivity contribution in [3.63, 3.8) is 0 Å². The van der Waals surface area contributed by atoms with Crippen molar-refractivity contribution in [1.29, 1.82) is 0 Å². The number of hydrogen-bond donors (Lipinski definition) is 2. The SMILES string of the molecule is O=C(C=CC(=O)OCCO)OCCO. The van der Waals surface area contributed by atoms with Gasteiger partial charge in [0.2, 0.25) is 0 Å². The predicted octanol–water partition coefficient (Wildman–Crippen LogP) is -1.39. The van der Waals surface area contributed by atoms with E-state index in [9.17, 15) is 9.59 Å². The van der Waals surface area contributed by atoms with Crippen LogP contribution in [-0.2, 0) is 19.1 Å². The Balaban J connectivity index is 3.68. The summed E-state index contributed by atoms with van der Waals surface area (Å²) in [5, 5.41) is 16.6. The molecule has 0 unspecified atom stereocenters. The molecular weight excluding hydrogens is 192 g/mol. The summed E-state index contributed by atoms with van der Waals surface area (Å²) in [5.74, 6) is -1.47. The fourth-order valence-electron chi connectivity index (χ4n) is 0.525. The van der Waals surface area contributed by atoms with Crippen molar-refractivity contribution in [3.05, 3.63) is 12.2 Å². The molecule has 0 fully saturated rings. The normalized spacial score (nSPS) is 10.1. The Morgan fingerprint density at radius 3 is 1.57 bits per heavy atom. The Morgan fingerprint density at radius 1 is 0.929 bits per heavy atom. The third-order valence-corrected chi connectivity index (χ3v) is 1.03. The monoisotopic (exact) mass is 204 g/mol. The second kappa shape index (κ2) is 8.21. The highest BCUT2D eigenvalue weighted by Gasteiger charge is 1.99. The molecule has 6 nitrogen and oxygen atoms in total. The first-order valence-corrected chi connectivity index (χ1v) is 3.94. The maximum atomic E-state index is 10.7. The number of carbonyl (C=O) groups is 2. The van der Waals surface area contributed by atoms with Gasteiger partial charge < -0.3 is 19.7 Å². The molecule has 0 rings (SSSR count). The fourth-order valence-corrected chi connectivity index (χ4v) is 0.525. The van der Waals surface area contributed by atoms with Crippen LogP contribution in [0, 0.1) is 0 Å². The number of esters is 2. The number of rotatable bonds is 6. The Morgan fingerprint density at radius 2 is 1.29 bits per heavy atom. The molecule has 14 heavy (non-hydrogen) atoms. The minimum absolute atomic E-state index is 0.116. The van der Waals surface area contributed by atoms with E-state index in [0.717, 1.165) is 12.2 Å². The van der Waals surface area contributed by atoms with Gasteiger partial charge in [0.25, 0.3) is 0 Å². The first-order chi connectivity index (χ1) is 6.70. The summed E-state index contributed by atoms with van der Waals surface area (Å²) in [4.78, 5) is 21.4. The van der Waals surface area contributed by atoms with Crippen molar-refractivity contribution in [3.8, 4) is 0 Å². The van der Waals surface area contributed by atoms with Crippen LogP contribution in [0.25, 0.3) is 0 Å². The molecular formula is C8H12O6. The lowest BCUT2D eigenvalue weighted by Gasteiger charge is -1.98. The van der Waals surface area contributed by atoms with Gasteiger partial charge in [-0.25, -0.2) is 9.59 Å². The van der Waals surface area contributed by atoms with Gasteiger partial charge in [-0.2, -0.15) is 0 Å². The molecule has 0 heterocycles. The van der Waals surface area contributed by atoms with Gasteiger partial charge in [-0.05, 0) is 0 Å². The van der Waals surface area contributed by atoms with Crippen LogP contribution in [0.2, 0.25) is 0 Å². The Bertz CT molecular complexity index is 188. The molecule has 0 aliphatic rings. The van der Waals surface area contributed by atoms with Crippen molar-refractivity contribution in [2.24, 2.45) is 0 Å². The van der Waals surface area contributed by atoms with Crippen LogP contribution in [0.15, 0.2) is 12.2 Å². The minimum atomic E-state index is -0.736. The molecule has 0 aliphatic carbocycles. The lowest BCUT2D eigenvalue weighted by Crippen LogP contribution is -2.08. The molecule has 0 amide bonds. The summed E-state index contributed by atoms with van der Waals surface area (Å²) < 4.78 is 8.83. The van der Waals surface area contributed by atoms with E-state index in [1.807, 2.05) is 0 Å². The minimum Gasteiger partial charge on any atom is -0.460 e. The molecule has 0 aromatic rings. The predicted molar refractivity (Wildman–Crippen MR) is 45.2 cm³/mol. The lowest BCUT2D eigenvalue weighted by atomic mass is 10.5. The standard InChI is InChI=1S/C8H12O6/c9-3-5-13-7(11)1-2-8(12)14-6-4-10/h1-2,9-10H,3-6H2. The molecule has 6 heteroatoms. The molecule has 0 saturated carbocycles. The topological polar surface area (TPSA) is 93.1 Å². The second-order valence-electron chi connectivity index (χ2n) is 2.12. The zero-order valence-electron chi connectivity index (χ0n) is 7.51. The van der Waals surface area contributed by atoms with Gasteiger partial charge in [-0.15, -0.1) is 0 Å². The maximum absolute atomic E-state index is 10.7. The van der Waals surface area contributed by atoms with E-state index in [2.05, 4.69) is 9.47 Å². The Labute approximate surface area is 80.7 Å². The molecule has 0 aromatic heterocycles. The van der Waals surface area contributed by atoms with Gasteiger partial charge in [0.05, 0.1) is 13.2 Å². The molecule has 0 bridgehead atoms. The number of carbonyl (C=O) groups excluding carboxylic acids is 2. The van der Waals surface area contributed by atoms with Crippen molar-refractivity contribution in [2.75, 3.05) is 26.4 Å². The summed E-state index contributed by atoms with van der Waals surface area (Å²) in [7, 11) is 0. The summed E-state index contributed by atoms with van der Waals surface area (Å²) in [6.45, 7) is -0.771. The molecule has 0 saturated heterocycles. The largest absolute Gasteiger partial charge is 0.460 e. The van der Waals surface area contributed by atoms with E-state index in [1.54, 1.807) is 0 Å². The van der Waals surface area contributed by atoms with Crippen LogP contribution in [0.1, 0.15) is 0 Å². The highest BCUT2D eigenvalue weighted by atomic mass is 16.5. The van der Waals surface area contributed by atoms with E-state index < -0.39 is 11.9 Å². The zero-order chi connectivity index (χ0) is 10.8. The third-order valence-electron chi connectivity index (χ3n) is 1.03. The van der Waals surface area contributed by atoms with Crippen LogP contribution < -0.4 is 0 Å². The number of aliphatic hydroxyl groups is 2. The van der Waals surface area contributed by atoms with E-state index in [-0.39, 0.29) is 26.4 Å². The Hall–Kier alpha value is -1.40. The molecule has 0 aromatic carbocycles. The zero-order valence-corrected chi connectivity index (χ0v) is 7.51. The van der Waals surface area contributed by atoms with Crippen molar-refractivity contribution >= 4 is 11.9 Å². The molecule has 0 aliphatic heterocycles. The fraction of sp³-hybridized carbons (Fsp3) is 0.500. The van der Waals surface area contributed by atoms with Crippen LogP contribution >= 0.6 is 0 Å². The summed E-state index contributed by atoms with van der Waals surface area (Å²) >= 11 is 0. The third kappa shape index (κ3) is 7.26. The van der Waals surface area contributed by atoms with Crippen LogP contribution in [0.5, 0.6) is 0 Å². The second-order valence-corrected chi connectivity index (χ2v) is 2.12. The van der Waals surface area contributed by atoms with Gasteiger partial charge in [-0.3, -0.25) is 0 Å². The number of aliphatic hydroxyl groups excluding tert-OH is 2. The maximum Gasteiger partial charge on any atom is 0.331 e. The number of ether oxygens (including phenoxy) is 2. The summed E-state index contributed by atoms with van der Waals surface area (Å²) in [6.07, 6.45) is 1.77. The van der Waals surface area contributed by atoms with E-state index >= 15 is 0 Å². The summed E-state index contributed by atoms with van der Waals surface area (Å²) in [6, 6.07) is 0. The van der Waals surface area contributed by atoms with Crippen LogP contribution in [-0.4, -0.2) is 48.6 Å². The van der Waals surface area contributed by atoms with Crippen molar-refractivity contribution in [1.82, 2.24) is 0 Å². The molecule has 0 spiro atoms. The highest BCUT2D eigenvalue weighted by molar-refractivity contribution is 5.91. The highest BCUT2D eigenvalue weighted by Crippen LogP contribution is 1.85. The quantitative estimate of drug-likeness (QED) is 0.409. The Kier molecular flexibility index (Phi) is 7.39. The van der Waals surface area contributed by atoms with Gasteiger partial charge in [0.15, 0.2) is 0 Å². The van der Waals surface area contributed by atoms with E-state index in [1.165, 1.54) is 0 Å². The van der Waals surface area contributed by atoms with Gasteiger partial charge in [0, 0.05) is 12.2 Å². The van der Waals surface area contributed by atoms with Crippen LogP contribution in [0.4, 0.5) is 0 Å². The first kappa shape index (κ1) is 12.6. The van der Waals surface area contributed by atoms with Gasteiger partial charge >= 0.3 is 11.9 Å². The van der Waals surface area contributed by atoms with Gasteiger partial charge in [0.1, 0.15) is 13.2 Å². The summed E-state index contributed by atoms with van der Waals surface area (Å²) in [5.41, 5.74) is 0. The molecule has 80 valence electrons. The van der Waals surface area contributed by atoms with E-state index in [4.69, 9.17) is 10.2 Å². The van der Waals surface area contributed by atoms with Crippen LogP contribution in [0.3, 0.4) is 0 Å². The number of hydrogen-bond acceptors (Lipinski definition) is 6. The average molecular weight is 204 g/mol. The first-order valence-electron chi connectivity index (χ1n) is 3.94. The smallest absolute Gasteiger partial charge is 0.331 e. The van der Waals surface area contributed by atoms with E-state index in [0.29, 0.717) is 0 Å². The molecule has 2 N–H and O–H groups in total. The molecule has 0 atom stereocenters. The molecule has 0 radical (unpaired) electrons.